The van der Waals surface area contributed by atoms with Gasteiger partial charge in [-0.15, -0.1) is 11.3 Å². The topological polar surface area (TPSA) is 54.9 Å². The minimum atomic E-state index is -0.254. The van der Waals surface area contributed by atoms with Crippen LogP contribution in [0.1, 0.15) is 49.8 Å². The predicted molar refractivity (Wildman–Crippen MR) is 141 cm³/mol. The molecule has 33 heavy (non-hydrogen) atoms. The number of nitrogens with one attached hydrogen (secondary N) is 1. The van der Waals surface area contributed by atoms with Gasteiger partial charge in [0.1, 0.15) is 16.2 Å². The van der Waals surface area contributed by atoms with E-state index in [2.05, 4.69) is 72.6 Å². The number of aromatic nitrogens is 2. The maximum Gasteiger partial charge on any atom is 0.237 e. The second-order valence-corrected chi connectivity index (χ2v) is 10.6. The van der Waals surface area contributed by atoms with Crippen molar-refractivity contribution in [1.29, 1.82) is 0 Å². The first-order valence-corrected chi connectivity index (χ1v) is 13.0. The number of anilines is 1. The Kier molecular flexibility index (Phi) is 7.15. The number of hydrogen-bond donors (Lipinski definition) is 1. The van der Waals surface area contributed by atoms with E-state index in [0.717, 1.165) is 37.6 Å². The summed E-state index contributed by atoms with van der Waals surface area (Å²) in [5.41, 5.74) is 6.84. The maximum absolute atomic E-state index is 13.3. The molecular formula is C27H29N3OS2. The summed E-state index contributed by atoms with van der Waals surface area (Å²) in [5, 5.41) is 6.94. The van der Waals surface area contributed by atoms with Crippen molar-refractivity contribution in [3.05, 3.63) is 70.9 Å². The number of hydrogen-bond acceptors (Lipinski definition) is 5. The summed E-state index contributed by atoms with van der Waals surface area (Å²) in [5.74, 6) is 0.340. The summed E-state index contributed by atoms with van der Waals surface area (Å²) >= 11 is 3.14. The summed E-state index contributed by atoms with van der Waals surface area (Å²) < 4.78 is 0. The van der Waals surface area contributed by atoms with Crippen LogP contribution in [0.5, 0.6) is 0 Å². The Balaban J connectivity index is 1.66. The van der Waals surface area contributed by atoms with Crippen molar-refractivity contribution in [3.8, 4) is 11.1 Å². The molecule has 6 heteroatoms. The van der Waals surface area contributed by atoms with Crippen molar-refractivity contribution in [2.24, 2.45) is 0 Å². The fourth-order valence-corrected chi connectivity index (χ4v) is 5.86. The minimum Gasteiger partial charge on any atom is -0.325 e. The van der Waals surface area contributed by atoms with Gasteiger partial charge in [0, 0.05) is 16.6 Å². The van der Waals surface area contributed by atoms with Crippen LogP contribution in [-0.4, -0.2) is 21.1 Å². The second kappa shape index (κ2) is 10.1. The molecule has 0 spiro atoms. The van der Waals surface area contributed by atoms with Crippen LogP contribution in [-0.2, 0) is 4.79 Å². The molecule has 2 heterocycles. The second-order valence-electron chi connectivity index (χ2n) is 8.55. The van der Waals surface area contributed by atoms with Gasteiger partial charge in [-0.25, -0.2) is 9.97 Å². The van der Waals surface area contributed by atoms with Gasteiger partial charge in [0.05, 0.1) is 10.6 Å². The molecule has 0 aliphatic rings. The standard InChI is InChI=1S/C27H29N3OS2/c1-6-23(25(31)30-22-10-8-7-9-20(22)16(2)3)33-27-24-21(14-32-26(24)28-15-29-27)19-12-11-17(4)18(5)13-19/h7-16,23H,6H2,1-5H3,(H,30,31). The Hall–Kier alpha value is -2.70. The largest absolute Gasteiger partial charge is 0.325 e. The molecule has 4 nitrogen and oxygen atoms in total. The number of amides is 1. The zero-order valence-electron chi connectivity index (χ0n) is 19.7. The monoisotopic (exact) mass is 475 g/mol. The van der Waals surface area contributed by atoms with Crippen LogP contribution in [0.3, 0.4) is 0 Å². The third-order valence-corrected chi connectivity index (χ3v) is 8.16. The summed E-state index contributed by atoms with van der Waals surface area (Å²) in [6, 6.07) is 14.5. The predicted octanol–water partition coefficient (Wildman–Crippen LogP) is 7.61. The van der Waals surface area contributed by atoms with Crippen molar-refractivity contribution in [2.45, 2.75) is 57.2 Å². The molecule has 0 radical (unpaired) electrons. The van der Waals surface area contributed by atoms with Crippen molar-refractivity contribution in [1.82, 2.24) is 9.97 Å². The van der Waals surface area contributed by atoms with Gasteiger partial charge in [0.15, 0.2) is 0 Å². The van der Waals surface area contributed by atoms with Crippen LogP contribution < -0.4 is 5.32 Å². The molecule has 2 aromatic carbocycles. The van der Waals surface area contributed by atoms with Crippen LogP contribution in [0.15, 0.2) is 59.2 Å². The van der Waals surface area contributed by atoms with Crippen LogP contribution in [0.2, 0.25) is 0 Å². The molecule has 1 amide bonds. The van der Waals surface area contributed by atoms with Crippen LogP contribution in [0.25, 0.3) is 21.3 Å². The normalized spacial score (nSPS) is 12.3. The number of rotatable bonds is 7. The van der Waals surface area contributed by atoms with Gasteiger partial charge in [-0.2, -0.15) is 0 Å². The fraction of sp³-hybridized carbons (Fsp3) is 0.296. The lowest BCUT2D eigenvalue weighted by atomic mass is 10.0. The van der Waals surface area contributed by atoms with Gasteiger partial charge < -0.3 is 5.32 Å². The maximum atomic E-state index is 13.3. The molecule has 0 bridgehead atoms. The first kappa shape index (κ1) is 23.5. The van der Waals surface area contributed by atoms with E-state index in [1.54, 1.807) is 17.7 Å². The smallest absolute Gasteiger partial charge is 0.237 e. The minimum absolute atomic E-state index is 0.00493. The molecule has 0 fully saturated rings. The van der Waals surface area contributed by atoms with E-state index in [1.807, 2.05) is 25.1 Å². The SMILES string of the molecule is CCC(Sc1ncnc2scc(-c3ccc(C)c(C)c3)c12)C(=O)Nc1ccccc1C(C)C. The molecule has 1 N–H and O–H groups in total. The third kappa shape index (κ3) is 4.97. The average molecular weight is 476 g/mol. The molecule has 0 aliphatic heterocycles. The van der Waals surface area contributed by atoms with Gasteiger partial charge in [0.25, 0.3) is 0 Å². The Morgan fingerprint density at radius 3 is 2.61 bits per heavy atom. The summed E-state index contributed by atoms with van der Waals surface area (Å²) in [6.45, 7) is 10.6. The Morgan fingerprint density at radius 1 is 1.09 bits per heavy atom. The van der Waals surface area contributed by atoms with Crippen molar-refractivity contribution < 1.29 is 4.79 Å². The Labute approximate surface area is 203 Å². The number of para-hydroxylation sites is 1. The number of thioether (sulfide) groups is 1. The van der Waals surface area contributed by atoms with E-state index in [9.17, 15) is 4.79 Å². The quantitative estimate of drug-likeness (QED) is 0.221. The summed E-state index contributed by atoms with van der Waals surface area (Å²) in [4.78, 5) is 23.3. The van der Waals surface area contributed by atoms with Gasteiger partial charge in [-0.05, 0) is 54.5 Å². The lowest BCUT2D eigenvalue weighted by molar-refractivity contribution is -0.115. The molecule has 4 aromatic rings. The van der Waals surface area contributed by atoms with E-state index >= 15 is 0 Å². The van der Waals surface area contributed by atoms with E-state index in [0.29, 0.717) is 12.3 Å². The number of carbonyl (C=O) groups excluding carboxylic acids is 1. The lowest BCUT2D eigenvalue weighted by Gasteiger charge is -2.18. The highest BCUT2D eigenvalue weighted by atomic mass is 32.2. The molecule has 4 rings (SSSR count). The number of carbonyl (C=O) groups is 1. The van der Waals surface area contributed by atoms with Crippen LogP contribution in [0.4, 0.5) is 5.69 Å². The highest BCUT2D eigenvalue weighted by Crippen LogP contribution is 2.40. The molecule has 1 atom stereocenters. The summed E-state index contributed by atoms with van der Waals surface area (Å²) in [7, 11) is 0. The number of benzene rings is 2. The fourth-order valence-electron chi connectivity index (χ4n) is 3.84. The first-order chi connectivity index (χ1) is 15.9. The molecule has 0 saturated carbocycles. The van der Waals surface area contributed by atoms with Crippen molar-refractivity contribution in [3.63, 3.8) is 0 Å². The number of fused-ring (bicyclic) bond motifs is 1. The zero-order valence-corrected chi connectivity index (χ0v) is 21.3. The highest BCUT2D eigenvalue weighted by molar-refractivity contribution is 8.00. The van der Waals surface area contributed by atoms with E-state index in [1.165, 1.54) is 22.9 Å². The molecule has 170 valence electrons. The third-order valence-electron chi connectivity index (χ3n) is 5.91. The Bertz CT molecular complexity index is 1300. The van der Waals surface area contributed by atoms with E-state index < -0.39 is 0 Å². The molecule has 0 saturated heterocycles. The average Bonchev–Trinajstić information content (AvgIpc) is 3.24. The summed E-state index contributed by atoms with van der Waals surface area (Å²) in [6.07, 6.45) is 2.30. The highest BCUT2D eigenvalue weighted by Gasteiger charge is 2.23. The van der Waals surface area contributed by atoms with Gasteiger partial charge in [0.2, 0.25) is 5.91 Å². The van der Waals surface area contributed by atoms with Gasteiger partial charge in [-0.3, -0.25) is 4.79 Å². The van der Waals surface area contributed by atoms with Crippen LogP contribution in [0, 0.1) is 13.8 Å². The van der Waals surface area contributed by atoms with Crippen molar-refractivity contribution >= 4 is 44.9 Å². The lowest BCUT2D eigenvalue weighted by Crippen LogP contribution is -2.25. The van der Waals surface area contributed by atoms with E-state index in [4.69, 9.17) is 0 Å². The molecule has 0 aliphatic carbocycles. The van der Waals surface area contributed by atoms with Crippen molar-refractivity contribution in [2.75, 3.05) is 5.32 Å². The zero-order chi connectivity index (χ0) is 23.5. The number of thiophene rings is 1. The molecular weight excluding hydrogens is 446 g/mol. The number of aryl methyl sites for hydroxylation is 2. The van der Waals surface area contributed by atoms with Crippen LogP contribution >= 0.6 is 23.1 Å². The van der Waals surface area contributed by atoms with E-state index in [-0.39, 0.29) is 11.2 Å². The van der Waals surface area contributed by atoms with Gasteiger partial charge in [-0.1, -0.05) is 68.9 Å². The molecule has 1 unspecified atom stereocenters. The molecule has 2 aromatic heterocycles. The number of nitrogens with zero attached hydrogens (tertiary/aromatic N) is 2. The van der Waals surface area contributed by atoms with Gasteiger partial charge >= 0.3 is 0 Å². The Morgan fingerprint density at radius 2 is 1.88 bits per heavy atom. The first-order valence-electron chi connectivity index (χ1n) is 11.2.